The first-order valence-corrected chi connectivity index (χ1v) is 10.3. The van der Waals surface area contributed by atoms with E-state index in [1.165, 1.54) is 5.56 Å². The maximum Gasteiger partial charge on any atom is 0.169 e. The highest BCUT2D eigenvalue weighted by atomic mass is 35.5. The van der Waals surface area contributed by atoms with Crippen LogP contribution in [0.2, 0.25) is 10.0 Å². The number of ketones is 1. The standard InChI is InChI=1S/C24H21Cl2NO2/c1-27-14-21(16-5-3-2-4-6-16)22(15-27)24(28)20-12-11-19(13-23(20)26)29-18-9-7-17(25)8-10-18/h2-13,21-22H,14-15H2,1H3/t21-,22+/m1/s1. The van der Waals surface area contributed by atoms with E-state index >= 15 is 0 Å². The lowest BCUT2D eigenvalue weighted by Crippen LogP contribution is -2.22. The number of hydrogen-bond acceptors (Lipinski definition) is 3. The number of carbonyl (C=O) groups excluding carboxylic acids is 1. The fraction of sp³-hybridized carbons (Fsp3) is 0.208. The Morgan fingerprint density at radius 2 is 1.62 bits per heavy atom. The zero-order chi connectivity index (χ0) is 20.4. The average Bonchev–Trinajstić information content (AvgIpc) is 3.12. The van der Waals surface area contributed by atoms with Gasteiger partial charge in [0.05, 0.1) is 5.02 Å². The second-order valence-corrected chi connectivity index (χ2v) is 8.25. The molecule has 0 radical (unpaired) electrons. The van der Waals surface area contributed by atoms with Crippen LogP contribution in [-0.2, 0) is 0 Å². The molecule has 148 valence electrons. The number of halogens is 2. The van der Waals surface area contributed by atoms with Gasteiger partial charge in [0.2, 0.25) is 0 Å². The van der Waals surface area contributed by atoms with Crippen LogP contribution in [0.25, 0.3) is 0 Å². The number of carbonyl (C=O) groups is 1. The highest BCUT2D eigenvalue weighted by molar-refractivity contribution is 6.34. The summed E-state index contributed by atoms with van der Waals surface area (Å²) in [4.78, 5) is 15.5. The molecule has 0 bridgehead atoms. The molecule has 1 fully saturated rings. The third-order valence-corrected chi connectivity index (χ3v) is 5.89. The summed E-state index contributed by atoms with van der Waals surface area (Å²) in [6.07, 6.45) is 0. The third kappa shape index (κ3) is 4.48. The molecule has 1 aliphatic heterocycles. The van der Waals surface area contributed by atoms with Crippen molar-refractivity contribution < 1.29 is 9.53 Å². The van der Waals surface area contributed by atoms with E-state index in [9.17, 15) is 4.79 Å². The summed E-state index contributed by atoms with van der Waals surface area (Å²) in [5.41, 5.74) is 1.73. The number of likely N-dealkylation sites (N-methyl/N-ethyl adjacent to an activating group) is 1. The minimum atomic E-state index is -0.122. The van der Waals surface area contributed by atoms with Crippen LogP contribution in [0.5, 0.6) is 11.5 Å². The summed E-state index contributed by atoms with van der Waals surface area (Å²) in [6, 6.07) is 22.5. The summed E-state index contributed by atoms with van der Waals surface area (Å²) in [5.74, 6) is 1.35. The van der Waals surface area contributed by atoms with Gasteiger partial charge in [-0.25, -0.2) is 0 Å². The van der Waals surface area contributed by atoms with Crippen LogP contribution in [-0.4, -0.2) is 30.8 Å². The van der Waals surface area contributed by atoms with Gasteiger partial charge in [0.15, 0.2) is 5.78 Å². The van der Waals surface area contributed by atoms with Crippen LogP contribution in [0.1, 0.15) is 21.8 Å². The Balaban J connectivity index is 1.55. The second-order valence-electron chi connectivity index (χ2n) is 7.41. The molecule has 4 rings (SSSR count). The van der Waals surface area contributed by atoms with Crippen molar-refractivity contribution in [2.75, 3.05) is 20.1 Å². The summed E-state index contributed by atoms with van der Waals surface area (Å²) in [7, 11) is 2.05. The Labute approximate surface area is 180 Å². The normalized spacial score (nSPS) is 19.3. The van der Waals surface area contributed by atoms with Gasteiger partial charge in [0.1, 0.15) is 11.5 Å². The predicted octanol–water partition coefficient (Wildman–Crippen LogP) is 6.31. The van der Waals surface area contributed by atoms with Crippen LogP contribution in [0, 0.1) is 5.92 Å². The molecule has 0 unspecified atom stereocenters. The van der Waals surface area contributed by atoms with Gasteiger partial charge in [-0.2, -0.15) is 0 Å². The largest absolute Gasteiger partial charge is 0.457 e. The summed E-state index contributed by atoms with van der Waals surface area (Å²) >= 11 is 12.4. The summed E-state index contributed by atoms with van der Waals surface area (Å²) in [6.45, 7) is 1.58. The third-order valence-electron chi connectivity index (χ3n) is 5.32. The first kappa shape index (κ1) is 20.0. The van der Waals surface area contributed by atoms with E-state index in [1.54, 1.807) is 42.5 Å². The van der Waals surface area contributed by atoms with Crippen molar-refractivity contribution in [1.82, 2.24) is 4.90 Å². The smallest absolute Gasteiger partial charge is 0.169 e. The van der Waals surface area contributed by atoms with Gasteiger partial charge in [-0.15, -0.1) is 0 Å². The summed E-state index contributed by atoms with van der Waals surface area (Å²) < 4.78 is 5.82. The van der Waals surface area contributed by atoms with Gasteiger partial charge in [-0.1, -0.05) is 53.5 Å². The molecule has 2 atom stereocenters. The van der Waals surface area contributed by atoms with Crippen molar-refractivity contribution in [3.8, 4) is 11.5 Å². The van der Waals surface area contributed by atoms with Crippen molar-refractivity contribution in [2.45, 2.75) is 5.92 Å². The molecule has 29 heavy (non-hydrogen) atoms. The fourth-order valence-electron chi connectivity index (χ4n) is 3.90. The van der Waals surface area contributed by atoms with Crippen LogP contribution in [0.4, 0.5) is 0 Å². The Hall–Kier alpha value is -2.33. The Morgan fingerprint density at radius 1 is 0.931 bits per heavy atom. The number of ether oxygens (including phenoxy) is 1. The molecule has 1 heterocycles. The van der Waals surface area contributed by atoms with E-state index in [2.05, 4.69) is 17.0 Å². The van der Waals surface area contributed by atoms with Gasteiger partial charge in [-0.05, 0) is 49.0 Å². The average molecular weight is 426 g/mol. The van der Waals surface area contributed by atoms with Gasteiger partial charge in [0.25, 0.3) is 0 Å². The second kappa shape index (κ2) is 8.58. The molecular formula is C24H21Cl2NO2. The molecule has 1 saturated heterocycles. The first-order chi connectivity index (χ1) is 14.0. The SMILES string of the molecule is CN1C[C@H](C(=O)c2ccc(Oc3ccc(Cl)cc3)cc2Cl)[C@@H](c2ccccc2)C1. The van der Waals surface area contributed by atoms with E-state index in [0.717, 1.165) is 13.1 Å². The quantitative estimate of drug-likeness (QED) is 0.448. The van der Waals surface area contributed by atoms with E-state index < -0.39 is 0 Å². The lowest BCUT2D eigenvalue weighted by atomic mass is 9.84. The van der Waals surface area contributed by atoms with Crippen LogP contribution in [0.15, 0.2) is 72.8 Å². The number of rotatable bonds is 5. The molecule has 0 spiro atoms. The first-order valence-electron chi connectivity index (χ1n) is 9.52. The number of Topliss-reactive ketones (excluding diaryl/α,β-unsaturated/α-hetero) is 1. The van der Waals surface area contributed by atoms with E-state index in [-0.39, 0.29) is 17.6 Å². The van der Waals surface area contributed by atoms with Crippen molar-refractivity contribution >= 4 is 29.0 Å². The van der Waals surface area contributed by atoms with E-state index in [1.807, 2.05) is 25.2 Å². The molecule has 1 aliphatic rings. The maximum absolute atomic E-state index is 13.3. The molecule has 3 aromatic carbocycles. The summed E-state index contributed by atoms with van der Waals surface area (Å²) in [5, 5.41) is 1.05. The molecular weight excluding hydrogens is 405 g/mol. The van der Waals surface area contributed by atoms with Crippen LogP contribution >= 0.6 is 23.2 Å². The Kier molecular flexibility index (Phi) is 5.91. The predicted molar refractivity (Wildman–Crippen MR) is 117 cm³/mol. The van der Waals surface area contributed by atoms with Gasteiger partial charge >= 0.3 is 0 Å². The number of nitrogens with zero attached hydrogens (tertiary/aromatic N) is 1. The molecule has 0 saturated carbocycles. The molecule has 3 nitrogen and oxygen atoms in total. The van der Waals surface area contributed by atoms with Crippen molar-refractivity contribution in [3.63, 3.8) is 0 Å². The molecule has 0 aliphatic carbocycles. The van der Waals surface area contributed by atoms with Gasteiger partial charge < -0.3 is 9.64 Å². The zero-order valence-electron chi connectivity index (χ0n) is 16.0. The Morgan fingerprint density at radius 3 is 2.31 bits per heavy atom. The van der Waals surface area contributed by atoms with E-state index in [0.29, 0.717) is 27.1 Å². The minimum absolute atomic E-state index is 0.0752. The minimum Gasteiger partial charge on any atom is -0.457 e. The molecule has 3 aromatic rings. The fourth-order valence-corrected chi connectivity index (χ4v) is 4.29. The zero-order valence-corrected chi connectivity index (χ0v) is 17.5. The highest BCUT2D eigenvalue weighted by Crippen LogP contribution is 2.36. The number of benzene rings is 3. The van der Waals surface area contributed by atoms with Crippen LogP contribution in [0.3, 0.4) is 0 Å². The molecule has 5 heteroatoms. The van der Waals surface area contributed by atoms with Gasteiger partial charge in [-0.3, -0.25) is 4.79 Å². The topological polar surface area (TPSA) is 29.5 Å². The highest BCUT2D eigenvalue weighted by Gasteiger charge is 2.37. The maximum atomic E-state index is 13.3. The van der Waals surface area contributed by atoms with Gasteiger partial charge in [0, 0.05) is 41.6 Å². The molecule has 0 N–H and O–H groups in total. The monoisotopic (exact) mass is 425 g/mol. The number of likely N-dealkylation sites (tertiary alicyclic amines) is 1. The van der Waals surface area contributed by atoms with Crippen molar-refractivity contribution in [1.29, 1.82) is 0 Å². The molecule has 0 amide bonds. The lowest BCUT2D eigenvalue weighted by Gasteiger charge is -2.18. The Bertz CT molecular complexity index is 1010. The van der Waals surface area contributed by atoms with Crippen molar-refractivity contribution in [2.24, 2.45) is 5.92 Å². The lowest BCUT2D eigenvalue weighted by molar-refractivity contribution is 0.0916. The number of hydrogen-bond donors (Lipinski definition) is 0. The van der Waals surface area contributed by atoms with Crippen molar-refractivity contribution in [3.05, 3.63) is 94.0 Å². The van der Waals surface area contributed by atoms with E-state index in [4.69, 9.17) is 27.9 Å². The van der Waals surface area contributed by atoms with Crippen LogP contribution < -0.4 is 4.74 Å². The molecule has 0 aromatic heterocycles.